The van der Waals surface area contributed by atoms with Crippen molar-refractivity contribution in [1.82, 2.24) is 9.88 Å². The average Bonchev–Trinajstić information content (AvgIpc) is 3.07. The number of aliphatic hydroxyl groups is 1. The normalized spacial score (nSPS) is 13.2. The van der Waals surface area contributed by atoms with Crippen molar-refractivity contribution in [2.45, 2.75) is 12.6 Å². The highest BCUT2D eigenvalue weighted by atomic mass is 16.3. The third-order valence-electron chi connectivity index (χ3n) is 3.45. The zero-order valence-corrected chi connectivity index (χ0v) is 11.4. The first-order valence-corrected chi connectivity index (χ1v) is 6.68. The molecule has 2 N–H and O–H groups in total. The molecule has 20 heavy (non-hydrogen) atoms. The molecule has 0 amide bonds. The number of aromatic amines is 1. The molecule has 0 aliphatic rings. The van der Waals surface area contributed by atoms with Crippen molar-refractivity contribution in [3.05, 3.63) is 60.2 Å². The van der Waals surface area contributed by atoms with Gasteiger partial charge in [-0.1, -0.05) is 12.1 Å². The molecule has 3 rings (SSSR count). The summed E-state index contributed by atoms with van der Waals surface area (Å²) in [6.45, 7) is 1.25. The highest BCUT2D eigenvalue weighted by Crippen LogP contribution is 2.20. The van der Waals surface area contributed by atoms with Gasteiger partial charge in [0.25, 0.3) is 0 Å². The van der Waals surface area contributed by atoms with Gasteiger partial charge < -0.3 is 14.5 Å². The van der Waals surface area contributed by atoms with Gasteiger partial charge in [0, 0.05) is 18.3 Å². The Labute approximate surface area is 117 Å². The Morgan fingerprint density at radius 3 is 3.00 bits per heavy atom. The second kappa shape index (κ2) is 5.53. The minimum atomic E-state index is -0.511. The van der Waals surface area contributed by atoms with Crippen LogP contribution >= 0.6 is 0 Å². The van der Waals surface area contributed by atoms with Crippen LogP contribution in [-0.2, 0) is 6.54 Å². The van der Waals surface area contributed by atoms with E-state index in [4.69, 9.17) is 4.42 Å². The van der Waals surface area contributed by atoms with Gasteiger partial charge in [-0.2, -0.15) is 0 Å². The maximum atomic E-state index is 10.3. The molecular weight excluding hydrogens is 252 g/mol. The van der Waals surface area contributed by atoms with Crippen molar-refractivity contribution in [2.75, 3.05) is 13.6 Å². The van der Waals surface area contributed by atoms with Crippen LogP contribution in [0, 0.1) is 0 Å². The number of fused-ring (bicyclic) bond motifs is 1. The van der Waals surface area contributed by atoms with E-state index in [0.29, 0.717) is 13.1 Å². The molecule has 0 fully saturated rings. The molecule has 1 aromatic carbocycles. The second-order valence-corrected chi connectivity index (χ2v) is 5.12. The lowest BCUT2D eigenvalue weighted by molar-refractivity contribution is 0.120. The van der Waals surface area contributed by atoms with Crippen LogP contribution in [0.4, 0.5) is 0 Å². The summed E-state index contributed by atoms with van der Waals surface area (Å²) in [5.74, 6) is 0.902. The second-order valence-electron chi connectivity index (χ2n) is 5.12. The number of furan rings is 1. The molecule has 0 saturated carbocycles. The first-order valence-electron chi connectivity index (χ1n) is 6.68. The Hall–Kier alpha value is -2.04. The molecule has 0 aliphatic heterocycles. The predicted octanol–water partition coefficient (Wildman–Crippen LogP) is 2.93. The highest BCUT2D eigenvalue weighted by molar-refractivity contribution is 5.79. The van der Waals surface area contributed by atoms with E-state index in [-0.39, 0.29) is 0 Å². The molecule has 104 valence electrons. The van der Waals surface area contributed by atoms with Crippen LogP contribution in [0.1, 0.15) is 17.4 Å². The van der Waals surface area contributed by atoms with Gasteiger partial charge >= 0.3 is 0 Å². The van der Waals surface area contributed by atoms with E-state index in [0.717, 1.165) is 22.2 Å². The lowest BCUT2D eigenvalue weighted by Crippen LogP contribution is -2.24. The van der Waals surface area contributed by atoms with Gasteiger partial charge in [-0.3, -0.25) is 4.90 Å². The minimum Gasteiger partial charge on any atom is -0.468 e. The van der Waals surface area contributed by atoms with E-state index in [1.165, 1.54) is 0 Å². The molecular formula is C16H18N2O2. The van der Waals surface area contributed by atoms with Crippen LogP contribution in [0.15, 0.2) is 53.3 Å². The summed E-state index contributed by atoms with van der Waals surface area (Å²) < 4.78 is 5.31. The largest absolute Gasteiger partial charge is 0.468 e. The van der Waals surface area contributed by atoms with E-state index >= 15 is 0 Å². The molecule has 0 radical (unpaired) electrons. The lowest BCUT2D eigenvalue weighted by Gasteiger charge is -2.19. The first-order chi connectivity index (χ1) is 9.72. The van der Waals surface area contributed by atoms with Gasteiger partial charge in [-0.05, 0) is 42.3 Å². The molecule has 4 nitrogen and oxygen atoms in total. The fourth-order valence-electron chi connectivity index (χ4n) is 2.41. The highest BCUT2D eigenvalue weighted by Gasteiger charge is 2.12. The number of rotatable bonds is 5. The summed E-state index contributed by atoms with van der Waals surface area (Å²) in [5, 5.41) is 11.5. The van der Waals surface area contributed by atoms with Gasteiger partial charge in [0.2, 0.25) is 0 Å². The maximum absolute atomic E-state index is 10.3. The molecule has 2 aromatic heterocycles. The van der Waals surface area contributed by atoms with Crippen LogP contribution < -0.4 is 0 Å². The molecule has 0 bridgehead atoms. The van der Waals surface area contributed by atoms with Gasteiger partial charge in [-0.25, -0.2) is 0 Å². The summed E-state index contributed by atoms with van der Waals surface area (Å²) in [6.07, 6.45) is 3.06. The van der Waals surface area contributed by atoms with Crippen LogP contribution in [-0.4, -0.2) is 28.6 Å². The number of aromatic nitrogens is 1. The molecule has 1 unspecified atom stereocenters. The molecule has 0 aliphatic carbocycles. The summed E-state index contributed by atoms with van der Waals surface area (Å²) in [6, 6.07) is 11.8. The number of hydrogen-bond donors (Lipinski definition) is 2. The predicted molar refractivity (Wildman–Crippen MR) is 78.3 cm³/mol. The van der Waals surface area contributed by atoms with Crippen molar-refractivity contribution < 1.29 is 9.52 Å². The van der Waals surface area contributed by atoms with E-state index in [9.17, 15) is 5.11 Å². The SMILES string of the molecule is CN(Cc1ccco1)CC(O)c1ccc2cc[nH]c2c1. The number of H-pyrrole nitrogens is 1. The number of nitrogens with zero attached hydrogens (tertiary/aromatic N) is 1. The van der Waals surface area contributed by atoms with Gasteiger partial charge in [0.15, 0.2) is 0 Å². The third-order valence-corrected chi connectivity index (χ3v) is 3.45. The Bertz CT molecular complexity index is 673. The monoisotopic (exact) mass is 270 g/mol. The Balaban J connectivity index is 1.67. The number of likely N-dealkylation sites (N-methyl/N-ethyl adjacent to an activating group) is 1. The number of benzene rings is 1. The van der Waals surface area contributed by atoms with Crippen molar-refractivity contribution in [2.24, 2.45) is 0 Å². The quantitative estimate of drug-likeness (QED) is 0.749. The van der Waals surface area contributed by atoms with Gasteiger partial charge in [-0.15, -0.1) is 0 Å². The zero-order valence-electron chi connectivity index (χ0n) is 11.4. The topological polar surface area (TPSA) is 52.4 Å². The van der Waals surface area contributed by atoms with E-state index in [2.05, 4.69) is 4.98 Å². The van der Waals surface area contributed by atoms with Crippen molar-refractivity contribution in [3.63, 3.8) is 0 Å². The van der Waals surface area contributed by atoms with Crippen LogP contribution in [0.5, 0.6) is 0 Å². The van der Waals surface area contributed by atoms with E-state index in [1.54, 1.807) is 6.26 Å². The van der Waals surface area contributed by atoms with Crippen LogP contribution in [0.25, 0.3) is 10.9 Å². The molecule has 0 saturated heterocycles. The number of hydrogen-bond acceptors (Lipinski definition) is 3. The Kier molecular flexibility index (Phi) is 3.58. The van der Waals surface area contributed by atoms with E-state index in [1.807, 2.05) is 54.5 Å². The molecule has 3 aromatic rings. The van der Waals surface area contributed by atoms with Crippen molar-refractivity contribution in [1.29, 1.82) is 0 Å². The summed E-state index contributed by atoms with van der Waals surface area (Å²) in [5.41, 5.74) is 1.97. The standard InChI is InChI=1S/C16H18N2O2/c1-18(10-14-3-2-8-20-14)11-16(19)13-5-4-12-6-7-17-15(12)9-13/h2-9,16-17,19H,10-11H2,1H3. The van der Waals surface area contributed by atoms with Gasteiger partial charge in [0.1, 0.15) is 5.76 Å². The Morgan fingerprint density at radius 1 is 1.30 bits per heavy atom. The molecule has 4 heteroatoms. The number of nitrogens with one attached hydrogen (secondary N) is 1. The molecule has 1 atom stereocenters. The summed E-state index contributed by atoms with van der Waals surface area (Å²) >= 11 is 0. The fourth-order valence-corrected chi connectivity index (χ4v) is 2.41. The third kappa shape index (κ3) is 2.76. The lowest BCUT2D eigenvalue weighted by atomic mass is 10.1. The fraction of sp³-hybridized carbons (Fsp3) is 0.250. The number of aliphatic hydroxyl groups excluding tert-OH is 1. The average molecular weight is 270 g/mol. The first kappa shape index (κ1) is 13.0. The molecule has 0 spiro atoms. The minimum absolute atomic E-state index is 0.511. The van der Waals surface area contributed by atoms with Crippen LogP contribution in [0.3, 0.4) is 0 Å². The zero-order chi connectivity index (χ0) is 13.9. The van der Waals surface area contributed by atoms with Crippen molar-refractivity contribution in [3.8, 4) is 0 Å². The summed E-state index contributed by atoms with van der Waals surface area (Å²) in [7, 11) is 1.97. The van der Waals surface area contributed by atoms with Crippen molar-refractivity contribution >= 4 is 10.9 Å². The summed E-state index contributed by atoms with van der Waals surface area (Å²) in [4.78, 5) is 5.21. The molecule has 2 heterocycles. The van der Waals surface area contributed by atoms with Gasteiger partial charge in [0.05, 0.1) is 18.9 Å². The maximum Gasteiger partial charge on any atom is 0.117 e. The smallest absolute Gasteiger partial charge is 0.117 e. The van der Waals surface area contributed by atoms with E-state index < -0.39 is 6.10 Å². The van der Waals surface area contributed by atoms with Crippen LogP contribution in [0.2, 0.25) is 0 Å². The Morgan fingerprint density at radius 2 is 2.20 bits per heavy atom.